The van der Waals surface area contributed by atoms with Crippen LogP contribution in [-0.2, 0) is 20.8 Å². The Labute approximate surface area is 172 Å². The van der Waals surface area contributed by atoms with Crippen LogP contribution in [0, 0.1) is 0 Å². The molecule has 0 saturated carbocycles. The molecule has 2 aromatic rings. The molecule has 1 aliphatic rings. The largest absolute Gasteiger partial charge is 0.546 e. The summed E-state index contributed by atoms with van der Waals surface area (Å²) in [5.74, 6) is -2.58. The molecule has 1 N–H and O–H groups in total. The van der Waals surface area contributed by atoms with Crippen LogP contribution < -0.4 is 20.1 Å². The Kier molecular flexibility index (Phi) is 5.96. The normalized spacial score (nSPS) is 16.4. The predicted octanol–water partition coefficient (Wildman–Crippen LogP) is 1.43. The lowest BCUT2D eigenvalue weighted by molar-refractivity contribution is -0.312. The first kappa shape index (κ1) is 20.8. The van der Waals surface area contributed by atoms with Crippen LogP contribution in [-0.4, -0.2) is 29.9 Å². The zero-order chi connectivity index (χ0) is 21.8. The van der Waals surface area contributed by atoms with Gasteiger partial charge in [0.05, 0.1) is 11.7 Å². The number of barbiturate groups is 1. The second-order valence-corrected chi connectivity index (χ2v) is 6.63. The lowest BCUT2D eigenvalue weighted by Gasteiger charge is -2.26. The molecular formula is C22H19N2O6-. The molecule has 0 aliphatic carbocycles. The summed E-state index contributed by atoms with van der Waals surface area (Å²) in [5, 5.41) is 12.9. The highest BCUT2D eigenvalue weighted by Crippen LogP contribution is 2.23. The summed E-state index contributed by atoms with van der Waals surface area (Å²) in [4.78, 5) is 49.0. The molecule has 4 amide bonds. The third-order valence-electron chi connectivity index (χ3n) is 4.54. The number of carbonyl (C=O) groups excluding carboxylic acids is 4. The highest BCUT2D eigenvalue weighted by atomic mass is 16.5. The van der Waals surface area contributed by atoms with Crippen LogP contribution >= 0.6 is 0 Å². The quantitative estimate of drug-likeness (QED) is 0.572. The van der Waals surface area contributed by atoms with Crippen LogP contribution in [0.4, 0.5) is 10.5 Å². The number of hydrogen-bond acceptors (Lipinski definition) is 6. The summed E-state index contributed by atoms with van der Waals surface area (Å²) in [5.41, 5.74) is 1.70. The third-order valence-corrected chi connectivity index (χ3v) is 4.54. The Hall–Kier alpha value is -3.94. The number of anilines is 1. The number of imide groups is 2. The van der Waals surface area contributed by atoms with Gasteiger partial charge in [0.2, 0.25) is 0 Å². The molecule has 0 spiro atoms. The molecule has 1 heterocycles. The number of carbonyl (C=O) groups is 4. The predicted molar refractivity (Wildman–Crippen MR) is 106 cm³/mol. The van der Waals surface area contributed by atoms with Gasteiger partial charge in [0, 0.05) is 0 Å². The van der Waals surface area contributed by atoms with Crippen molar-refractivity contribution in [2.75, 3.05) is 4.90 Å². The first-order valence-corrected chi connectivity index (χ1v) is 9.28. The van der Waals surface area contributed by atoms with E-state index in [9.17, 15) is 24.3 Å². The number of ether oxygens (including phenoxy) is 1. The Morgan fingerprint density at radius 2 is 1.73 bits per heavy atom. The maximum Gasteiger partial charge on any atom is 0.335 e. The summed E-state index contributed by atoms with van der Waals surface area (Å²) >= 11 is 0. The van der Waals surface area contributed by atoms with E-state index in [-0.39, 0.29) is 5.57 Å². The van der Waals surface area contributed by atoms with Crippen molar-refractivity contribution in [2.24, 2.45) is 0 Å². The van der Waals surface area contributed by atoms with E-state index in [2.05, 4.69) is 5.32 Å². The Morgan fingerprint density at radius 3 is 2.30 bits per heavy atom. The van der Waals surface area contributed by atoms with Crippen LogP contribution in [0.1, 0.15) is 25.0 Å². The lowest BCUT2D eigenvalue weighted by Crippen LogP contribution is -2.54. The van der Waals surface area contributed by atoms with Gasteiger partial charge in [-0.3, -0.25) is 14.9 Å². The SMILES string of the molecule is CCc1ccc(N2C(=O)NC(=O)/C(=C/c3ccc(O[C@@H](C)C(=O)[O-])cc3)C2=O)cc1. The van der Waals surface area contributed by atoms with Crippen molar-refractivity contribution in [1.29, 1.82) is 0 Å². The second-order valence-electron chi connectivity index (χ2n) is 6.63. The number of aliphatic carboxylic acids is 1. The van der Waals surface area contributed by atoms with Crippen molar-refractivity contribution in [3.63, 3.8) is 0 Å². The standard InChI is InChI=1S/C22H20N2O6/c1-3-14-4-8-16(9-5-14)24-20(26)18(19(25)23-22(24)29)12-15-6-10-17(11-7-15)30-13(2)21(27)28/h4-13H,3H2,1-2H3,(H,27,28)(H,23,25,29)/p-1/b18-12-/t13-/m0/s1. The fourth-order valence-electron chi connectivity index (χ4n) is 2.83. The molecule has 8 heteroatoms. The van der Waals surface area contributed by atoms with Gasteiger partial charge in [-0.2, -0.15) is 0 Å². The van der Waals surface area contributed by atoms with Gasteiger partial charge in [0.15, 0.2) is 0 Å². The van der Waals surface area contributed by atoms with E-state index in [4.69, 9.17) is 4.74 Å². The minimum absolute atomic E-state index is 0.203. The summed E-state index contributed by atoms with van der Waals surface area (Å²) in [6, 6.07) is 12.2. The monoisotopic (exact) mass is 407 g/mol. The fraction of sp³-hybridized carbons (Fsp3) is 0.182. The maximum atomic E-state index is 12.9. The van der Waals surface area contributed by atoms with Crippen molar-refractivity contribution in [3.05, 3.63) is 65.2 Å². The average Bonchev–Trinajstić information content (AvgIpc) is 2.72. The van der Waals surface area contributed by atoms with Crippen LogP contribution in [0.3, 0.4) is 0 Å². The number of nitrogens with one attached hydrogen (secondary N) is 1. The summed E-state index contributed by atoms with van der Waals surface area (Å²) in [6.45, 7) is 3.33. The van der Waals surface area contributed by atoms with Gasteiger partial charge in [-0.15, -0.1) is 0 Å². The van der Waals surface area contributed by atoms with Gasteiger partial charge < -0.3 is 14.6 Å². The lowest BCUT2D eigenvalue weighted by atomic mass is 10.1. The highest BCUT2D eigenvalue weighted by Gasteiger charge is 2.36. The molecule has 30 heavy (non-hydrogen) atoms. The van der Waals surface area contributed by atoms with E-state index in [1.807, 2.05) is 19.1 Å². The molecule has 154 valence electrons. The van der Waals surface area contributed by atoms with Crippen LogP contribution in [0.25, 0.3) is 6.08 Å². The molecule has 2 aromatic carbocycles. The van der Waals surface area contributed by atoms with Crippen molar-refractivity contribution in [1.82, 2.24) is 5.32 Å². The van der Waals surface area contributed by atoms with Crippen molar-refractivity contribution in [3.8, 4) is 5.75 Å². The first-order chi connectivity index (χ1) is 14.3. The van der Waals surface area contributed by atoms with Crippen LogP contribution in [0.2, 0.25) is 0 Å². The van der Waals surface area contributed by atoms with Crippen LogP contribution in [0.15, 0.2) is 54.1 Å². The van der Waals surface area contributed by atoms with E-state index < -0.39 is 29.9 Å². The molecule has 1 saturated heterocycles. The topological polar surface area (TPSA) is 116 Å². The second kappa shape index (κ2) is 8.60. The average molecular weight is 407 g/mol. The maximum absolute atomic E-state index is 12.9. The molecule has 0 aromatic heterocycles. The minimum Gasteiger partial charge on any atom is -0.546 e. The Morgan fingerprint density at radius 1 is 1.10 bits per heavy atom. The molecule has 8 nitrogen and oxygen atoms in total. The van der Waals surface area contributed by atoms with Crippen LogP contribution in [0.5, 0.6) is 5.75 Å². The number of hydrogen-bond donors (Lipinski definition) is 1. The van der Waals surface area contributed by atoms with Gasteiger partial charge in [-0.05, 0) is 54.8 Å². The Bertz CT molecular complexity index is 1020. The molecular weight excluding hydrogens is 388 g/mol. The number of rotatable bonds is 6. The smallest absolute Gasteiger partial charge is 0.335 e. The molecule has 0 radical (unpaired) electrons. The van der Waals surface area contributed by atoms with Crippen molar-refractivity contribution < 1.29 is 29.0 Å². The van der Waals surface area contributed by atoms with E-state index in [1.54, 1.807) is 24.3 Å². The van der Waals surface area contributed by atoms with Crippen molar-refractivity contribution >= 4 is 35.6 Å². The van der Waals surface area contributed by atoms with Gasteiger partial charge in [0.25, 0.3) is 11.8 Å². The number of carboxylic acid groups (broad SMARTS) is 1. The number of amides is 4. The molecule has 1 aliphatic heterocycles. The minimum atomic E-state index is -1.35. The van der Waals surface area contributed by atoms with Gasteiger partial charge in [-0.25, -0.2) is 9.69 Å². The fourth-order valence-corrected chi connectivity index (χ4v) is 2.83. The van der Waals surface area contributed by atoms with Gasteiger partial charge >= 0.3 is 6.03 Å². The number of aryl methyl sites for hydroxylation is 1. The molecule has 1 fully saturated rings. The van der Waals surface area contributed by atoms with Gasteiger partial charge in [-0.1, -0.05) is 31.2 Å². The van der Waals surface area contributed by atoms with E-state index in [1.165, 1.54) is 25.1 Å². The first-order valence-electron chi connectivity index (χ1n) is 9.28. The highest BCUT2D eigenvalue weighted by molar-refractivity contribution is 6.39. The number of urea groups is 1. The van der Waals surface area contributed by atoms with E-state index in [0.717, 1.165) is 16.9 Å². The van der Waals surface area contributed by atoms with E-state index in [0.29, 0.717) is 17.0 Å². The summed E-state index contributed by atoms with van der Waals surface area (Å²) in [6.07, 6.45) is 1.04. The molecule has 1 atom stereocenters. The summed E-state index contributed by atoms with van der Waals surface area (Å²) in [7, 11) is 0. The zero-order valence-corrected chi connectivity index (χ0v) is 16.4. The molecule has 3 rings (SSSR count). The number of benzene rings is 2. The van der Waals surface area contributed by atoms with Gasteiger partial charge in [0.1, 0.15) is 17.4 Å². The third kappa shape index (κ3) is 4.38. The molecule has 0 bridgehead atoms. The number of carboxylic acids is 1. The Balaban J connectivity index is 1.85. The van der Waals surface area contributed by atoms with Crippen molar-refractivity contribution in [2.45, 2.75) is 26.4 Å². The van der Waals surface area contributed by atoms with E-state index >= 15 is 0 Å². The summed E-state index contributed by atoms with van der Waals surface area (Å²) < 4.78 is 5.19. The number of nitrogens with zero attached hydrogens (tertiary/aromatic N) is 1. The zero-order valence-electron chi connectivity index (χ0n) is 16.4. The molecule has 0 unspecified atom stereocenters.